The van der Waals surface area contributed by atoms with Crippen molar-refractivity contribution in [3.05, 3.63) is 244 Å². The van der Waals surface area contributed by atoms with Crippen LogP contribution in [-0.4, -0.2) is 106 Å². The van der Waals surface area contributed by atoms with Crippen molar-refractivity contribution in [2.45, 2.75) is 330 Å². The van der Waals surface area contributed by atoms with E-state index in [1.165, 1.54) is 0 Å². The molecule has 18 heteroatoms. The fraction of sp³-hybridized carbons (Fsp3) is 0.534. The van der Waals surface area contributed by atoms with Gasteiger partial charge in [-0.3, -0.25) is 0 Å². The number of hydrogen-bond donors (Lipinski definition) is 6. The molecule has 134 heavy (non-hydrogen) atoms. The predicted molar refractivity (Wildman–Crippen MR) is 535 cm³/mol. The molecule has 0 saturated carbocycles. The van der Waals surface area contributed by atoms with Crippen molar-refractivity contribution in [1.29, 1.82) is 0 Å². The number of carboxylic acid groups (broad SMARTS) is 6. The Kier molecular flexibility index (Phi) is 32.9. The molecule has 0 spiro atoms. The third kappa shape index (κ3) is 30.7. The van der Waals surface area contributed by atoms with Gasteiger partial charge in [-0.2, -0.15) is 0 Å². The van der Waals surface area contributed by atoms with Gasteiger partial charge in [-0.25, -0.2) is 28.8 Å². The SMILES string of the molecule is CC(C)(C)CC(C)(C)c1cc2c(OCC(=O)O)c(c1)Cc1cc(C(C)(C)CC(C)(C)C)cc(c1OCC(=O)O)Cc1cc(C(C)(C)CC(C)(C)C)cc(c1OCC(=O)O)Cc1cc(C(C)(C)CC(C)(C)C)cc(c1OCC(=O)O)Cc1cc(C(C)(C)CC(C)(C)C)cc(c1OCC(=O)O)Cc1cc(C(C)(C)CC(C)(C)C)cc(c1OCC(=O)O)Cc1cccc(c1)Cc1cccc(c1)C2. The van der Waals surface area contributed by atoms with Crippen molar-refractivity contribution in [3.63, 3.8) is 0 Å². The first-order valence-electron chi connectivity index (χ1n) is 47.6. The fourth-order valence-electron chi connectivity index (χ4n) is 22.3. The zero-order chi connectivity index (χ0) is 100. The molecule has 728 valence electrons. The maximum atomic E-state index is 13.5. The molecule has 6 N–H and O–H groups in total. The lowest BCUT2D eigenvalue weighted by molar-refractivity contribution is -0.140. The second kappa shape index (κ2) is 41.1. The summed E-state index contributed by atoms with van der Waals surface area (Å²) in [5, 5.41) is 65.5. The maximum absolute atomic E-state index is 13.5. The summed E-state index contributed by atoms with van der Waals surface area (Å²) in [5.41, 5.74) is 11.5. The van der Waals surface area contributed by atoms with Gasteiger partial charge in [-0.05, 0) is 232 Å². The molecule has 0 unspecified atom stereocenters. The summed E-state index contributed by atoms with van der Waals surface area (Å²) >= 11 is 0. The molecular weight excluding hydrogens is 1680 g/mol. The second-order valence-corrected chi connectivity index (χ2v) is 49.6. The molecule has 0 atom stereocenters. The summed E-state index contributed by atoms with van der Waals surface area (Å²) in [7, 11) is 0. The molecule has 0 amide bonds. The smallest absolute Gasteiger partial charge is 0.341 e. The summed E-state index contributed by atoms with van der Waals surface area (Å²) in [5.74, 6) is -5.80. The third-order valence-electron chi connectivity index (χ3n) is 25.1. The molecule has 0 aliphatic heterocycles. The Morgan fingerprint density at radius 1 is 0.201 bits per heavy atom. The van der Waals surface area contributed by atoms with Gasteiger partial charge >= 0.3 is 35.8 Å². The van der Waals surface area contributed by atoms with Gasteiger partial charge in [0.05, 0.1) is 0 Å². The summed E-state index contributed by atoms with van der Waals surface area (Å²) in [6.45, 7) is 61.3. The van der Waals surface area contributed by atoms with Gasteiger partial charge in [0.2, 0.25) is 0 Å². The summed E-state index contributed by atoms with van der Waals surface area (Å²) < 4.78 is 41.0. The van der Waals surface area contributed by atoms with Crippen LogP contribution in [0.5, 0.6) is 34.5 Å². The van der Waals surface area contributed by atoms with Crippen molar-refractivity contribution >= 4 is 35.8 Å². The highest BCUT2D eigenvalue weighted by Crippen LogP contribution is 2.51. The Hall–Kier alpha value is -10.6. The number of aliphatic carboxylic acids is 6. The topological polar surface area (TPSA) is 279 Å². The van der Waals surface area contributed by atoms with Crippen LogP contribution in [0.25, 0.3) is 0 Å². The summed E-state index contributed by atoms with van der Waals surface area (Å²) in [4.78, 5) is 80.3. The lowest BCUT2D eigenvalue weighted by Gasteiger charge is -2.35. The van der Waals surface area contributed by atoms with E-state index in [1.807, 2.05) is 12.1 Å². The monoisotopic (exact) mass is 1840 g/mol. The minimum atomic E-state index is -1.27. The molecule has 9 rings (SSSR count). The molecule has 1 aliphatic carbocycles. The van der Waals surface area contributed by atoms with Crippen molar-refractivity contribution in [2.75, 3.05) is 39.6 Å². The van der Waals surface area contributed by atoms with Crippen LogP contribution in [0.3, 0.4) is 0 Å². The van der Waals surface area contributed by atoms with E-state index in [2.05, 4.69) is 317 Å². The van der Waals surface area contributed by atoms with E-state index in [0.29, 0.717) is 112 Å². The summed E-state index contributed by atoms with van der Waals surface area (Å²) in [6, 6.07) is 41.8. The van der Waals surface area contributed by atoms with Crippen LogP contribution in [-0.2, 0) is 113 Å². The van der Waals surface area contributed by atoms with Gasteiger partial charge in [0, 0.05) is 44.9 Å². The van der Waals surface area contributed by atoms with E-state index in [1.54, 1.807) is 0 Å². The number of benzene rings is 8. The minimum Gasteiger partial charge on any atom is -0.481 e. The molecule has 0 heterocycles. The molecule has 8 aromatic rings. The number of hydrogen-bond acceptors (Lipinski definition) is 12. The first kappa shape index (κ1) is 107. The molecule has 8 aromatic carbocycles. The second-order valence-electron chi connectivity index (χ2n) is 49.6. The average molecular weight is 1840 g/mol. The van der Waals surface area contributed by atoms with E-state index in [9.17, 15) is 59.4 Å². The number of rotatable bonds is 30. The van der Waals surface area contributed by atoms with E-state index in [-0.39, 0.29) is 87.6 Å². The predicted octanol–water partition coefficient (Wildman–Crippen LogP) is 25.8. The van der Waals surface area contributed by atoms with Gasteiger partial charge in [0.1, 0.15) is 34.5 Å². The van der Waals surface area contributed by atoms with Crippen LogP contribution >= 0.6 is 0 Å². The highest BCUT2D eigenvalue weighted by Gasteiger charge is 2.39. The zero-order valence-electron chi connectivity index (χ0n) is 86.3. The Labute approximate surface area is 799 Å². The molecular formula is C116H156O18. The molecule has 0 saturated heterocycles. The van der Waals surface area contributed by atoms with Crippen molar-refractivity contribution < 1.29 is 87.8 Å². The quantitative estimate of drug-likeness (QED) is 0.0244. The van der Waals surface area contributed by atoms with E-state index in [4.69, 9.17) is 28.4 Å². The first-order valence-corrected chi connectivity index (χ1v) is 47.6. The van der Waals surface area contributed by atoms with Gasteiger partial charge < -0.3 is 59.1 Å². The molecule has 0 aromatic heterocycles. The largest absolute Gasteiger partial charge is 0.481 e. The molecule has 0 fully saturated rings. The zero-order valence-corrected chi connectivity index (χ0v) is 86.3. The normalized spacial score (nSPS) is 13.8. The maximum Gasteiger partial charge on any atom is 0.341 e. The Morgan fingerprint density at radius 3 is 0.455 bits per heavy atom. The van der Waals surface area contributed by atoms with Crippen LogP contribution in [0.1, 0.15) is 369 Å². The fourth-order valence-corrected chi connectivity index (χ4v) is 22.3. The van der Waals surface area contributed by atoms with E-state index < -0.39 is 108 Å². The number of ether oxygens (including phenoxy) is 6. The lowest BCUT2D eigenvalue weighted by atomic mass is 9.70. The number of carbonyl (C=O) groups is 6. The standard InChI is InChI=1S/C116H156O18/c1-105(2,3)65-111(19,20)87-47-75-40-73-35-31-33-71(38-73)37-72-34-32-36-74(39-72)41-76-48-88(112(21,22)66-106(4,5)6)50-78(100(76)130-60-94(119)120)43-80-52-90(114(25,26)68-108(10,11)12)54-82(102(80)132-62-96(123)124)45-84-56-92(116(29,30)70-110(16,17)18)58-86(104(84)134-64-98(127)128)46-85-57-91(115(27,28)69-109(13,14)15)55-83(103(85)133-63-97(125)126)44-81-53-89(113(23,24)67-107(7,8)9)51-79(101(81)131-61-95(121)122)42-77(49-87)99(75)129-59-93(117)118/h31-36,38-39,47-58H,37,40-46,59-70H2,1-30H3,(H,117,118)(H,119,120)(H,121,122)(H,123,124)(H,125,126)(H,127,128). The number of fused-ring (bicyclic) bond motifs is 16. The Morgan fingerprint density at radius 2 is 0.328 bits per heavy atom. The highest BCUT2D eigenvalue weighted by molar-refractivity contribution is 5.73. The lowest BCUT2D eigenvalue weighted by Crippen LogP contribution is -2.26. The van der Waals surface area contributed by atoms with Crippen molar-refractivity contribution in [1.82, 2.24) is 0 Å². The first-order chi connectivity index (χ1) is 61.4. The molecule has 18 nitrogen and oxygen atoms in total. The van der Waals surface area contributed by atoms with Crippen molar-refractivity contribution in [3.8, 4) is 34.5 Å². The van der Waals surface area contributed by atoms with Gasteiger partial charge in [-0.1, -0.05) is 329 Å². The average Bonchev–Trinajstić information content (AvgIpc) is 0.784. The minimum absolute atomic E-state index is 0.0290. The van der Waals surface area contributed by atoms with Gasteiger partial charge in [-0.15, -0.1) is 0 Å². The Bertz CT molecular complexity index is 5280. The van der Waals surface area contributed by atoms with Crippen LogP contribution in [0.2, 0.25) is 0 Å². The van der Waals surface area contributed by atoms with E-state index >= 15 is 0 Å². The van der Waals surface area contributed by atoms with Crippen LogP contribution in [0.4, 0.5) is 0 Å². The molecule has 1 aliphatic rings. The van der Waals surface area contributed by atoms with Crippen molar-refractivity contribution in [2.24, 2.45) is 32.5 Å². The van der Waals surface area contributed by atoms with Crippen LogP contribution in [0, 0.1) is 32.5 Å². The van der Waals surface area contributed by atoms with E-state index in [0.717, 1.165) is 79.6 Å². The summed E-state index contributed by atoms with van der Waals surface area (Å²) in [6.07, 6.45) is 5.22. The Balaban J connectivity index is 1.55. The number of carboxylic acids is 6. The van der Waals surface area contributed by atoms with Crippen LogP contribution in [0.15, 0.2) is 121 Å². The molecule has 16 bridgehead atoms. The molecule has 0 radical (unpaired) electrons. The van der Waals surface area contributed by atoms with Gasteiger partial charge in [0.25, 0.3) is 0 Å². The van der Waals surface area contributed by atoms with Gasteiger partial charge in [0.15, 0.2) is 39.6 Å². The highest BCUT2D eigenvalue weighted by atomic mass is 16.5. The third-order valence-corrected chi connectivity index (χ3v) is 25.1. The van der Waals surface area contributed by atoms with Crippen LogP contribution < -0.4 is 28.4 Å².